The molecule has 4 aromatic heterocycles. The van der Waals surface area contributed by atoms with Crippen molar-refractivity contribution in [2.24, 2.45) is 0 Å². The summed E-state index contributed by atoms with van der Waals surface area (Å²) in [7, 11) is 0. The summed E-state index contributed by atoms with van der Waals surface area (Å²) in [4.78, 5) is 6.26. The topological polar surface area (TPSA) is 27.2 Å². The van der Waals surface area contributed by atoms with Gasteiger partial charge in [-0.25, -0.2) is 4.98 Å². The number of nitrogens with zero attached hydrogens (tertiary/aromatic N) is 4. The fourth-order valence-electron chi connectivity index (χ4n) is 9.65. The van der Waals surface area contributed by atoms with E-state index in [-0.39, 0.29) is 0 Å². The van der Waals surface area contributed by atoms with Gasteiger partial charge in [0.1, 0.15) is 0 Å². The summed E-state index contributed by atoms with van der Waals surface area (Å²) in [5, 5.41) is 4.95. The second kappa shape index (κ2) is 13.8. The first kappa shape index (κ1) is 34.8. The maximum absolute atomic E-state index is 5.26. The Bertz CT molecular complexity index is 3840. The van der Waals surface area contributed by atoms with Gasteiger partial charge in [-0.2, -0.15) is 0 Å². The van der Waals surface area contributed by atoms with Crippen molar-refractivity contribution in [3.8, 4) is 56.1 Å². The third kappa shape index (κ3) is 5.35. The van der Waals surface area contributed by atoms with Crippen LogP contribution in [0.5, 0.6) is 0 Å². The minimum atomic E-state index is 0.992. The van der Waals surface area contributed by atoms with Crippen LogP contribution in [0, 0.1) is 0 Å². The summed E-state index contributed by atoms with van der Waals surface area (Å²) in [6, 6.07) is 79.2. The SMILES string of the molecule is c1ccc(-c2nc3sc4ccc(-c5ccc6c(c5)c5cc(-c7ccc8c(c7)c7ccccc7n8-c7ccccc7)ccc5n6-c5ccccc5)cc4n3c2-c2ccccc2)cc1. The number of hydrogen-bond donors (Lipinski definition) is 0. The number of aromatic nitrogens is 4. The summed E-state index contributed by atoms with van der Waals surface area (Å²) in [6.07, 6.45) is 0. The van der Waals surface area contributed by atoms with E-state index in [9.17, 15) is 0 Å². The number of imidazole rings is 1. The number of thiazole rings is 1. The molecule has 13 rings (SSSR count). The number of hydrogen-bond acceptors (Lipinski definition) is 2. The Hall–Kier alpha value is -7.99. The van der Waals surface area contributed by atoms with Crippen molar-refractivity contribution in [3.05, 3.63) is 218 Å². The molecule has 4 nitrogen and oxygen atoms in total. The van der Waals surface area contributed by atoms with Crippen molar-refractivity contribution in [1.29, 1.82) is 0 Å². The number of benzene rings is 9. The van der Waals surface area contributed by atoms with Gasteiger partial charge in [0.25, 0.3) is 0 Å². The van der Waals surface area contributed by atoms with E-state index in [0.717, 1.165) is 38.7 Å². The van der Waals surface area contributed by atoms with E-state index in [4.69, 9.17) is 4.98 Å². The third-order valence-corrected chi connectivity index (χ3v) is 13.5. The van der Waals surface area contributed by atoms with Crippen molar-refractivity contribution >= 4 is 70.1 Å². The van der Waals surface area contributed by atoms with Crippen molar-refractivity contribution in [2.45, 2.75) is 0 Å². The average Bonchev–Trinajstić information content (AvgIpc) is 4.08. The van der Waals surface area contributed by atoms with Crippen LogP contribution in [0.1, 0.15) is 0 Å². The molecule has 0 fully saturated rings. The van der Waals surface area contributed by atoms with Gasteiger partial charge in [0.05, 0.1) is 43.7 Å². The lowest BCUT2D eigenvalue weighted by molar-refractivity contribution is 1.18. The van der Waals surface area contributed by atoms with Crippen LogP contribution in [-0.2, 0) is 0 Å². The Kier molecular flexibility index (Phi) is 7.74. The van der Waals surface area contributed by atoms with Crippen LogP contribution < -0.4 is 0 Å². The predicted octanol–water partition coefficient (Wildman–Crippen LogP) is 15.4. The van der Waals surface area contributed by atoms with Gasteiger partial charge in [0.2, 0.25) is 0 Å². The fourth-order valence-corrected chi connectivity index (χ4v) is 10.7. The highest BCUT2D eigenvalue weighted by molar-refractivity contribution is 7.23. The van der Waals surface area contributed by atoms with Crippen molar-refractivity contribution in [2.75, 3.05) is 0 Å². The Morgan fingerprint density at radius 2 is 0.758 bits per heavy atom. The zero-order valence-electron chi connectivity index (χ0n) is 33.5. The minimum absolute atomic E-state index is 0.992. The molecule has 0 saturated heterocycles. The van der Waals surface area contributed by atoms with Crippen molar-refractivity contribution < 1.29 is 0 Å². The highest BCUT2D eigenvalue weighted by Gasteiger charge is 2.21. The van der Waals surface area contributed by atoms with Gasteiger partial charge in [-0.1, -0.05) is 151 Å². The zero-order valence-corrected chi connectivity index (χ0v) is 34.3. The number of para-hydroxylation sites is 3. The lowest BCUT2D eigenvalue weighted by atomic mass is 9.99. The van der Waals surface area contributed by atoms with Gasteiger partial charge in [-0.05, 0) is 101 Å². The van der Waals surface area contributed by atoms with E-state index in [1.165, 1.54) is 76.3 Å². The molecule has 62 heavy (non-hydrogen) atoms. The van der Waals surface area contributed by atoms with Crippen LogP contribution in [0.15, 0.2) is 218 Å². The van der Waals surface area contributed by atoms with E-state index in [1.807, 2.05) is 0 Å². The summed E-state index contributed by atoms with van der Waals surface area (Å²) in [5.41, 5.74) is 17.4. The van der Waals surface area contributed by atoms with Gasteiger partial charge in [0.15, 0.2) is 4.96 Å². The summed E-state index contributed by atoms with van der Waals surface area (Å²) >= 11 is 1.74. The Morgan fingerprint density at radius 1 is 0.323 bits per heavy atom. The van der Waals surface area contributed by atoms with E-state index in [1.54, 1.807) is 11.3 Å². The second-order valence-electron chi connectivity index (χ2n) is 16.0. The van der Waals surface area contributed by atoms with E-state index < -0.39 is 0 Å². The third-order valence-electron chi connectivity index (χ3n) is 12.5. The Morgan fingerprint density at radius 3 is 1.32 bits per heavy atom. The molecule has 4 heterocycles. The molecule has 5 heteroatoms. The van der Waals surface area contributed by atoms with Gasteiger partial charge < -0.3 is 9.13 Å². The molecular formula is C57H36N4S. The fraction of sp³-hybridized carbons (Fsp3) is 0. The number of rotatable bonds is 6. The lowest BCUT2D eigenvalue weighted by Crippen LogP contribution is -1.93. The molecule has 0 unspecified atom stereocenters. The monoisotopic (exact) mass is 808 g/mol. The van der Waals surface area contributed by atoms with Crippen LogP contribution in [0.3, 0.4) is 0 Å². The van der Waals surface area contributed by atoms with E-state index in [0.29, 0.717) is 0 Å². The molecule has 0 amide bonds. The smallest absolute Gasteiger partial charge is 0.195 e. The molecule has 9 aromatic carbocycles. The molecule has 0 aliphatic carbocycles. The van der Waals surface area contributed by atoms with Gasteiger partial charge in [-0.3, -0.25) is 4.40 Å². The maximum atomic E-state index is 5.26. The van der Waals surface area contributed by atoms with Crippen LogP contribution in [0.4, 0.5) is 0 Å². The molecule has 0 N–H and O–H groups in total. The van der Waals surface area contributed by atoms with Crippen LogP contribution >= 0.6 is 11.3 Å². The maximum Gasteiger partial charge on any atom is 0.195 e. The molecule has 0 saturated carbocycles. The Balaban J connectivity index is 0.998. The van der Waals surface area contributed by atoms with E-state index >= 15 is 0 Å². The molecule has 0 bridgehead atoms. The molecule has 0 aliphatic heterocycles. The zero-order chi connectivity index (χ0) is 40.7. The Labute approximate surface area is 361 Å². The van der Waals surface area contributed by atoms with Gasteiger partial charge in [-0.15, -0.1) is 0 Å². The van der Waals surface area contributed by atoms with Crippen LogP contribution in [0.25, 0.3) is 115 Å². The first-order chi connectivity index (χ1) is 30.7. The molecular weight excluding hydrogens is 773 g/mol. The quantitative estimate of drug-likeness (QED) is 0.164. The molecule has 290 valence electrons. The largest absolute Gasteiger partial charge is 0.309 e. The average molecular weight is 809 g/mol. The number of fused-ring (bicyclic) bond motifs is 9. The predicted molar refractivity (Wildman–Crippen MR) is 261 cm³/mol. The summed E-state index contributed by atoms with van der Waals surface area (Å²) in [5.74, 6) is 0. The summed E-state index contributed by atoms with van der Waals surface area (Å²) < 4.78 is 8.36. The standard InChI is InChI=1S/C57H36N4S/c1-5-15-37(16-6-1)55-56(38-17-7-2-8-18-38)61-53-36-42(28-32-54(53)62-57(61)58-55)41-27-31-52-48(35-41)47-34-40(26-30-51(47)60(52)44-21-11-4-12-22-44)39-25-29-50-46(33-39)45-23-13-14-24-49(45)59(50)43-19-9-3-10-20-43/h1-36H. The van der Waals surface area contributed by atoms with E-state index in [2.05, 4.69) is 232 Å². The van der Waals surface area contributed by atoms with Crippen LogP contribution in [-0.4, -0.2) is 18.5 Å². The first-order valence-corrected chi connectivity index (χ1v) is 21.9. The molecule has 0 radical (unpaired) electrons. The molecule has 0 atom stereocenters. The van der Waals surface area contributed by atoms with Crippen LogP contribution in [0.2, 0.25) is 0 Å². The van der Waals surface area contributed by atoms with Crippen molar-refractivity contribution in [1.82, 2.24) is 18.5 Å². The molecule has 13 aromatic rings. The first-order valence-electron chi connectivity index (χ1n) is 21.0. The highest BCUT2D eigenvalue weighted by atomic mass is 32.1. The summed E-state index contributed by atoms with van der Waals surface area (Å²) in [6.45, 7) is 0. The molecule has 0 aliphatic rings. The van der Waals surface area contributed by atoms with Crippen molar-refractivity contribution in [3.63, 3.8) is 0 Å². The second-order valence-corrected chi connectivity index (χ2v) is 17.0. The normalized spacial score (nSPS) is 11.9. The van der Waals surface area contributed by atoms with Gasteiger partial charge in [0, 0.05) is 44.0 Å². The highest BCUT2D eigenvalue weighted by Crippen LogP contribution is 2.42. The molecule has 0 spiro atoms. The van der Waals surface area contributed by atoms with Gasteiger partial charge >= 0.3 is 0 Å². The minimum Gasteiger partial charge on any atom is -0.309 e. The lowest BCUT2D eigenvalue weighted by Gasteiger charge is -2.09.